The van der Waals surface area contributed by atoms with Crippen LogP contribution in [0.3, 0.4) is 0 Å². The van der Waals surface area contributed by atoms with Crippen LogP contribution in [0.2, 0.25) is 0 Å². The van der Waals surface area contributed by atoms with Crippen molar-refractivity contribution >= 4 is 33.6 Å². The van der Waals surface area contributed by atoms with Crippen molar-refractivity contribution in [1.82, 2.24) is 4.98 Å². The van der Waals surface area contributed by atoms with Crippen LogP contribution < -0.4 is 5.32 Å². The second-order valence-electron chi connectivity index (χ2n) is 3.92. The lowest BCUT2D eigenvalue weighted by atomic mass is 10.2. The highest BCUT2D eigenvalue weighted by Crippen LogP contribution is 2.23. The number of amides is 1. The zero-order valence-electron chi connectivity index (χ0n) is 10.4. The predicted molar refractivity (Wildman–Crippen MR) is 80.8 cm³/mol. The third-order valence-corrected chi connectivity index (χ3v) is 3.12. The van der Waals surface area contributed by atoms with Gasteiger partial charge in [-0.1, -0.05) is 6.07 Å². The fourth-order valence-electron chi connectivity index (χ4n) is 1.51. The molecule has 1 aromatic carbocycles. The Hall–Kier alpha value is -2.45. The molecule has 0 bridgehead atoms. The summed E-state index contributed by atoms with van der Waals surface area (Å²) in [6, 6.07) is 10.7. The van der Waals surface area contributed by atoms with Crippen molar-refractivity contribution < 1.29 is 4.79 Å². The van der Waals surface area contributed by atoms with E-state index in [4.69, 9.17) is 5.26 Å². The van der Waals surface area contributed by atoms with Crippen LogP contribution >= 0.6 is 15.9 Å². The monoisotopic (exact) mass is 327 g/mol. The normalized spacial score (nSPS) is 10.2. The number of rotatable bonds is 3. The van der Waals surface area contributed by atoms with Crippen LogP contribution in [0, 0.1) is 11.3 Å². The molecule has 0 aliphatic carbocycles. The van der Waals surface area contributed by atoms with Crippen molar-refractivity contribution in [3.05, 3.63) is 64.4 Å². The zero-order chi connectivity index (χ0) is 14.4. The Balaban J connectivity index is 2.05. The van der Waals surface area contributed by atoms with Gasteiger partial charge in [0.15, 0.2) is 0 Å². The van der Waals surface area contributed by atoms with E-state index in [0.717, 1.165) is 5.56 Å². The number of nitrogens with one attached hydrogen (secondary N) is 1. The second kappa shape index (κ2) is 6.64. The van der Waals surface area contributed by atoms with Gasteiger partial charge in [0.1, 0.15) is 0 Å². The lowest BCUT2D eigenvalue weighted by molar-refractivity contribution is -0.111. The molecule has 2 rings (SSSR count). The molecule has 0 saturated carbocycles. The first-order chi connectivity index (χ1) is 9.69. The maximum absolute atomic E-state index is 11.8. The number of hydrogen-bond acceptors (Lipinski definition) is 3. The van der Waals surface area contributed by atoms with E-state index < -0.39 is 0 Å². The van der Waals surface area contributed by atoms with Gasteiger partial charge >= 0.3 is 0 Å². The number of halogens is 1. The quantitative estimate of drug-likeness (QED) is 0.879. The molecule has 0 unspecified atom stereocenters. The van der Waals surface area contributed by atoms with Crippen LogP contribution in [0.15, 0.2) is 53.3 Å². The number of nitriles is 1. The lowest BCUT2D eigenvalue weighted by Crippen LogP contribution is -2.08. The van der Waals surface area contributed by atoms with E-state index in [0.29, 0.717) is 15.7 Å². The molecule has 0 aliphatic rings. The van der Waals surface area contributed by atoms with E-state index in [9.17, 15) is 4.79 Å². The topological polar surface area (TPSA) is 65.8 Å². The van der Waals surface area contributed by atoms with Gasteiger partial charge in [-0.25, -0.2) is 0 Å². The van der Waals surface area contributed by atoms with E-state index in [1.165, 1.54) is 6.08 Å². The Morgan fingerprint density at radius 3 is 2.90 bits per heavy atom. The third kappa shape index (κ3) is 3.77. The van der Waals surface area contributed by atoms with Gasteiger partial charge in [0.2, 0.25) is 5.91 Å². The number of pyridine rings is 1. The Morgan fingerprint density at radius 2 is 2.25 bits per heavy atom. The minimum atomic E-state index is -0.251. The molecule has 1 heterocycles. The van der Waals surface area contributed by atoms with E-state index in [-0.39, 0.29) is 5.91 Å². The second-order valence-corrected chi connectivity index (χ2v) is 4.77. The van der Waals surface area contributed by atoms with Crippen molar-refractivity contribution in [1.29, 1.82) is 5.26 Å². The minimum Gasteiger partial charge on any atom is -0.321 e. The maximum atomic E-state index is 11.8. The van der Waals surface area contributed by atoms with Crippen molar-refractivity contribution in [2.24, 2.45) is 0 Å². The largest absolute Gasteiger partial charge is 0.321 e. The summed E-state index contributed by atoms with van der Waals surface area (Å²) in [4.78, 5) is 15.7. The molecule has 0 saturated heterocycles. The summed E-state index contributed by atoms with van der Waals surface area (Å²) in [6.07, 6.45) is 6.45. The van der Waals surface area contributed by atoms with E-state index >= 15 is 0 Å². The number of aromatic nitrogens is 1. The predicted octanol–water partition coefficient (Wildman–Crippen LogP) is 3.37. The van der Waals surface area contributed by atoms with Gasteiger partial charge < -0.3 is 5.32 Å². The summed E-state index contributed by atoms with van der Waals surface area (Å²) < 4.78 is 0.666. The van der Waals surface area contributed by atoms with E-state index in [1.807, 2.05) is 12.1 Å². The first-order valence-electron chi connectivity index (χ1n) is 5.78. The summed E-state index contributed by atoms with van der Waals surface area (Å²) in [6.45, 7) is 0. The fourth-order valence-corrected chi connectivity index (χ4v) is 1.98. The smallest absolute Gasteiger partial charge is 0.248 e. The van der Waals surface area contributed by atoms with Gasteiger partial charge in [-0.05, 0) is 51.8 Å². The molecule has 4 nitrogen and oxygen atoms in total. The fraction of sp³-hybridized carbons (Fsp3) is 0. The number of carbonyl (C=O) groups is 1. The Bertz CT molecular complexity index is 690. The van der Waals surface area contributed by atoms with Crippen LogP contribution in [0.1, 0.15) is 11.1 Å². The van der Waals surface area contributed by atoms with Crippen molar-refractivity contribution in [3.63, 3.8) is 0 Å². The Labute approximate surface area is 124 Å². The highest BCUT2D eigenvalue weighted by molar-refractivity contribution is 9.10. The van der Waals surface area contributed by atoms with Crippen LogP contribution in [0.5, 0.6) is 0 Å². The molecule has 0 fully saturated rings. The van der Waals surface area contributed by atoms with Gasteiger partial charge in [0.05, 0.1) is 17.3 Å². The summed E-state index contributed by atoms with van der Waals surface area (Å²) in [5.41, 5.74) is 1.99. The maximum Gasteiger partial charge on any atom is 0.248 e. The van der Waals surface area contributed by atoms with Gasteiger partial charge in [-0.3, -0.25) is 9.78 Å². The van der Waals surface area contributed by atoms with Gasteiger partial charge in [-0.15, -0.1) is 0 Å². The Kier molecular flexibility index (Phi) is 4.64. The first-order valence-corrected chi connectivity index (χ1v) is 6.57. The molecular formula is C15H10BrN3O. The van der Waals surface area contributed by atoms with Gasteiger partial charge in [-0.2, -0.15) is 5.26 Å². The standard InChI is InChI=1S/C15H10BrN3O/c16-13-8-12(9-17)3-5-14(13)19-15(20)6-4-11-2-1-7-18-10-11/h1-8,10H,(H,19,20). The van der Waals surface area contributed by atoms with Crippen molar-refractivity contribution in [3.8, 4) is 6.07 Å². The molecule has 0 aliphatic heterocycles. The molecule has 20 heavy (non-hydrogen) atoms. The molecule has 1 aromatic heterocycles. The third-order valence-electron chi connectivity index (χ3n) is 2.47. The molecule has 0 atom stereocenters. The zero-order valence-corrected chi connectivity index (χ0v) is 12.0. The summed E-state index contributed by atoms with van der Waals surface area (Å²) in [5.74, 6) is -0.251. The molecular weight excluding hydrogens is 318 g/mol. The number of benzene rings is 1. The number of anilines is 1. The van der Waals surface area contributed by atoms with Crippen LogP contribution in [-0.4, -0.2) is 10.9 Å². The van der Waals surface area contributed by atoms with E-state index in [2.05, 4.69) is 26.2 Å². The number of nitrogens with zero attached hydrogens (tertiary/aromatic N) is 2. The number of hydrogen-bond donors (Lipinski definition) is 1. The van der Waals surface area contributed by atoms with Crippen molar-refractivity contribution in [2.75, 3.05) is 5.32 Å². The molecule has 1 N–H and O–H groups in total. The SMILES string of the molecule is N#Cc1ccc(NC(=O)C=Cc2cccnc2)c(Br)c1. The molecule has 2 aromatic rings. The highest BCUT2D eigenvalue weighted by Gasteiger charge is 2.03. The average Bonchev–Trinajstić information content (AvgIpc) is 2.48. The molecule has 5 heteroatoms. The summed E-state index contributed by atoms with van der Waals surface area (Å²) in [5, 5.41) is 11.5. The van der Waals surface area contributed by atoms with Crippen LogP contribution in [0.25, 0.3) is 6.08 Å². The lowest BCUT2D eigenvalue weighted by Gasteiger charge is -2.05. The first kappa shape index (κ1) is 14.0. The molecule has 0 spiro atoms. The van der Waals surface area contributed by atoms with Gasteiger partial charge in [0, 0.05) is 22.9 Å². The molecule has 0 radical (unpaired) electrons. The summed E-state index contributed by atoms with van der Waals surface area (Å²) >= 11 is 3.31. The van der Waals surface area contributed by atoms with Crippen molar-refractivity contribution in [2.45, 2.75) is 0 Å². The summed E-state index contributed by atoms with van der Waals surface area (Å²) in [7, 11) is 0. The van der Waals surface area contributed by atoms with Crippen LogP contribution in [-0.2, 0) is 4.79 Å². The highest BCUT2D eigenvalue weighted by atomic mass is 79.9. The minimum absolute atomic E-state index is 0.251. The Morgan fingerprint density at radius 1 is 1.40 bits per heavy atom. The van der Waals surface area contributed by atoms with E-state index in [1.54, 1.807) is 42.7 Å². The van der Waals surface area contributed by atoms with Crippen LogP contribution in [0.4, 0.5) is 5.69 Å². The average molecular weight is 328 g/mol. The molecule has 1 amide bonds. The molecule has 98 valence electrons. The van der Waals surface area contributed by atoms with Gasteiger partial charge in [0.25, 0.3) is 0 Å². The number of carbonyl (C=O) groups excluding carboxylic acids is 1.